The molecule has 1 saturated heterocycles. The van der Waals surface area contributed by atoms with Crippen molar-refractivity contribution in [2.45, 2.75) is 12.3 Å². The fourth-order valence-corrected chi connectivity index (χ4v) is 4.77. The van der Waals surface area contributed by atoms with Crippen molar-refractivity contribution in [3.05, 3.63) is 0 Å². The first-order chi connectivity index (χ1) is 6.97. The van der Waals surface area contributed by atoms with Crippen molar-refractivity contribution in [2.24, 2.45) is 5.73 Å². The van der Waals surface area contributed by atoms with Gasteiger partial charge in [-0.05, 0) is 0 Å². The lowest BCUT2D eigenvalue weighted by Crippen LogP contribution is -2.50. The molecule has 0 spiro atoms. The minimum Gasteiger partial charge on any atom is -0.392 e. The zero-order valence-corrected chi connectivity index (χ0v) is 11.1. The molecule has 1 aliphatic heterocycles. The van der Waals surface area contributed by atoms with Gasteiger partial charge in [0.05, 0.1) is 4.99 Å². The molecule has 1 unspecified atom stereocenters. The van der Waals surface area contributed by atoms with E-state index in [1.807, 2.05) is 4.90 Å². The van der Waals surface area contributed by atoms with E-state index in [2.05, 4.69) is 0 Å². The Hall–Kier alpha value is 0.150. The van der Waals surface area contributed by atoms with E-state index in [0.29, 0.717) is 17.3 Å². The van der Waals surface area contributed by atoms with Gasteiger partial charge in [-0.3, -0.25) is 4.90 Å². The molecule has 0 amide bonds. The second kappa shape index (κ2) is 5.47. The average Bonchev–Trinajstić information content (AvgIpc) is 2.17. The predicted molar refractivity (Wildman–Crippen MR) is 68.9 cm³/mol. The maximum Gasteiger partial charge on any atom is 0.166 e. The summed E-state index contributed by atoms with van der Waals surface area (Å²) in [5, 5.41) is -0.414. The van der Waals surface area contributed by atoms with Crippen LogP contribution < -0.4 is 5.73 Å². The Balaban J connectivity index is 2.78. The molecule has 2 N–H and O–H groups in total. The summed E-state index contributed by atoms with van der Waals surface area (Å²) >= 11 is 6.49. The molecule has 0 aliphatic carbocycles. The normalized spacial score (nSPS) is 23.9. The summed E-state index contributed by atoms with van der Waals surface area (Å²) in [5.74, 6) is 1.74. The summed E-state index contributed by atoms with van der Waals surface area (Å²) in [7, 11) is -3.03. The Morgan fingerprint density at radius 3 is 2.87 bits per heavy atom. The monoisotopic (exact) mass is 268 g/mol. The van der Waals surface area contributed by atoms with Crippen LogP contribution in [0.15, 0.2) is 0 Å². The zero-order chi connectivity index (χ0) is 11.5. The summed E-state index contributed by atoms with van der Waals surface area (Å²) in [5.41, 5.74) is 5.46. The number of thiocarbonyl (C=S) groups is 1. The van der Waals surface area contributed by atoms with Crippen LogP contribution in [0.2, 0.25) is 0 Å². The van der Waals surface area contributed by atoms with Gasteiger partial charge < -0.3 is 5.73 Å². The van der Waals surface area contributed by atoms with Gasteiger partial charge in [0.25, 0.3) is 0 Å². The Labute approximate surface area is 100 Å². The molecular weight excluding hydrogens is 252 g/mol. The van der Waals surface area contributed by atoms with E-state index in [0.717, 1.165) is 12.3 Å². The topological polar surface area (TPSA) is 63.4 Å². The number of hydrogen-bond acceptors (Lipinski definition) is 5. The molecule has 1 fully saturated rings. The van der Waals surface area contributed by atoms with Gasteiger partial charge in [-0.15, -0.1) is 0 Å². The van der Waals surface area contributed by atoms with E-state index < -0.39 is 15.2 Å². The first-order valence-electron chi connectivity index (χ1n) is 4.79. The standard InChI is InChI=1S/C8H16N2O2S3/c1-2-15(11,12)8-6-14-4-3-10(8)5-7(9)13/h8H,2-6H2,1H3,(H2,9,13). The summed E-state index contributed by atoms with van der Waals surface area (Å²) < 4.78 is 23.6. The van der Waals surface area contributed by atoms with Gasteiger partial charge in [0, 0.05) is 30.3 Å². The highest BCUT2D eigenvalue weighted by molar-refractivity contribution is 8.01. The van der Waals surface area contributed by atoms with E-state index in [1.54, 1.807) is 18.7 Å². The molecule has 1 aliphatic rings. The largest absolute Gasteiger partial charge is 0.392 e. The highest BCUT2D eigenvalue weighted by Crippen LogP contribution is 2.20. The second-order valence-electron chi connectivity index (χ2n) is 3.42. The zero-order valence-electron chi connectivity index (χ0n) is 8.68. The van der Waals surface area contributed by atoms with E-state index >= 15 is 0 Å². The van der Waals surface area contributed by atoms with Crippen molar-refractivity contribution in [2.75, 3.05) is 30.3 Å². The Bertz CT molecular complexity index is 329. The van der Waals surface area contributed by atoms with Crippen molar-refractivity contribution in [3.63, 3.8) is 0 Å². The van der Waals surface area contributed by atoms with E-state index in [-0.39, 0.29) is 5.75 Å². The molecular formula is C8H16N2O2S3. The van der Waals surface area contributed by atoms with Crippen LogP contribution in [-0.2, 0) is 9.84 Å². The lowest BCUT2D eigenvalue weighted by Gasteiger charge is -2.34. The van der Waals surface area contributed by atoms with Gasteiger partial charge in [0.1, 0.15) is 5.37 Å². The van der Waals surface area contributed by atoms with Crippen LogP contribution in [0.25, 0.3) is 0 Å². The van der Waals surface area contributed by atoms with Crippen LogP contribution in [0, 0.1) is 0 Å². The maximum absolute atomic E-state index is 11.8. The Kier molecular flexibility index (Phi) is 4.82. The third kappa shape index (κ3) is 3.58. The van der Waals surface area contributed by atoms with Gasteiger partial charge in [-0.1, -0.05) is 19.1 Å². The number of rotatable bonds is 4. The number of thioether (sulfide) groups is 1. The van der Waals surface area contributed by atoms with Gasteiger partial charge in [-0.2, -0.15) is 11.8 Å². The van der Waals surface area contributed by atoms with E-state index in [1.165, 1.54) is 0 Å². The van der Waals surface area contributed by atoms with Gasteiger partial charge in [-0.25, -0.2) is 8.42 Å². The summed E-state index contributed by atoms with van der Waals surface area (Å²) in [6.07, 6.45) is 0. The first-order valence-corrected chi connectivity index (χ1v) is 8.07. The molecule has 4 nitrogen and oxygen atoms in total. The quantitative estimate of drug-likeness (QED) is 0.729. The minimum absolute atomic E-state index is 0.173. The van der Waals surface area contributed by atoms with E-state index in [4.69, 9.17) is 18.0 Å². The smallest absolute Gasteiger partial charge is 0.166 e. The summed E-state index contributed by atoms with van der Waals surface area (Å²) in [4.78, 5) is 2.23. The summed E-state index contributed by atoms with van der Waals surface area (Å²) in [6.45, 7) is 2.82. The number of sulfone groups is 1. The van der Waals surface area contributed by atoms with Crippen molar-refractivity contribution in [1.29, 1.82) is 0 Å². The molecule has 0 saturated carbocycles. The van der Waals surface area contributed by atoms with Crippen molar-refractivity contribution < 1.29 is 8.42 Å². The second-order valence-corrected chi connectivity index (χ2v) is 7.54. The third-order valence-corrected chi connectivity index (χ3v) is 5.83. The van der Waals surface area contributed by atoms with Crippen LogP contribution in [0.5, 0.6) is 0 Å². The van der Waals surface area contributed by atoms with Crippen molar-refractivity contribution in [3.8, 4) is 0 Å². The molecule has 0 aromatic heterocycles. The first kappa shape index (κ1) is 13.2. The number of nitrogens with zero attached hydrogens (tertiary/aromatic N) is 1. The van der Waals surface area contributed by atoms with Gasteiger partial charge >= 0.3 is 0 Å². The molecule has 0 aromatic carbocycles. The maximum atomic E-state index is 11.8. The van der Waals surface area contributed by atoms with Crippen LogP contribution >= 0.6 is 24.0 Å². The third-order valence-electron chi connectivity index (χ3n) is 2.37. The van der Waals surface area contributed by atoms with Gasteiger partial charge in [0.2, 0.25) is 0 Å². The van der Waals surface area contributed by atoms with Crippen molar-refractivity contribution in [1.82, 2.24) is 4.90 Å². The fraction of sp³-hybridized carbons (Fsp3) is 0.875. The average molecular weight is 268 g/mol. The molecule has 0 aromatic rings. The molecule has 1 rings (SSSR count). The lowest BCUT2D eigenvalue weighted by molar-refractivity contribution is 0.308. The van der Waals surface area contributed by atoms with Crippen molar-refractivity contribution >= 4 is 38.8 Å². The predicted octanol–water partition coefficient (Wildman–Crippen LogP) is 0.0821. The van der Waals surface area contributed by atoms with Gasteiger partial charge in [0.15, 0.2) is 9.84 Å². The number of nitrogens with two attached hydrogens (primary N) is 1. The highest BCUT2D eigenvalue weighted by atomic mass is 32.2. The SMILES string of the molecule is CCS(=O)(=O)C1CSCCN1CC(N)=S. The molecule has 0 bridgehead atoms. The fourth-order valence-electron chi connectivity index (χ4n) is 1.52. The van der Waals surface area contributed by atoms with E-state index in [9.17, 15) is 8.42 Å². The highest BCUT2D eigenvalue weighted by Gasteiger charge is 2.32. The van der Waals surface area contributed by atoms with Crippen LogP contribution in [-0.4, -0.2) is 54.0 Å². The molecule has 15 heavy (non-hydrogen) atoms. The summed E-state index contributed by atoms with van der Waals surface area (Å²) in [6, 6.07) is 0. The van der Waals surface area contributed by atoms with Crippen LogP contribution in [0.4, 0.5) is 0 Å². The molecule has 88 valence electrons. The Morgan fingerprint density at radius 1 is 1.67 bits per heavy atom. The van der Waals surface area contributed by atoms with Crippen LogP contribution in [0.1, 0.15) is 6.92 Å². The number of hydrogen-bond donors (Lipinski definition) is 1. The minimum atomic E-state index is -3.03. The molecule has 0 radical (unpaired) electrons. The molecule has 1 atom stereocenters. The molecule has 1 heterocycles. The lowest BCUT2D eigenvalue weighted by atomic mass is 10.4. The van der Waals surface area contributed by atoms with Crippen LogP contribution in [0.3, 0.4) is 0 Å². The molecule has 7 heteroatoms. The Morgan fingerprint density at radius 2 is 2.33 bits per heavy atom.